The third kappa shape index (κ3) is 19.1. The molecule has 0 saturated carbocycles. The zero-order valence-electron chi connectivity index (χ0n) is 15.5. The first-order valence-corrected chi connectivity index (χ1v) is 9.93. The van der Waals surface area contributed by atoms with Crippen LogP contribution in [0.5, 0.6) is 0 Å². The van der Waals surface area contributed by atoms with Crippen LogP contribution in [0.1, 0.15) is 96.8 Å². The van der Waals surface area contributed by atoms with E-state index in [4.69, 9.17) is 0 Å². The molecular formula is C22H40O. The standard InChI is InChI=1S/C22H40O/c1-3-5-7-9-10-11-12-13-14-15-17-19-21-22(23)20-18-16-8-6-4-2/h3,5,7,9-10,22-23H,1,4,6,8,11-21H2,2H3. The van der Waals surface area contributed by atoms with Crippen LogP contribution in [-0.2, 0) is 0 Å². The Labute approximate surface area is 145 Å². The molecule has 0 rings (SSSR count). The molecule has 1 unspecified atom stereocenters. The Kier molecular flexibility index (Phi) is 18.5. The van der Waals surface area contributed by atoms with Crippen LogP contribution in [0, 0.1) is 0 Å². The minimum Gasteiger partial charge on any atom is -0.393 e. The van der Waals surface area contributed by atoms with Crippen molar-refractivity contribution in [1.82, 2.24) is 0 Å². The molecule has 0 aromatic carbocycles. The van der Waals surface area contributed by atoms with Gasteiger partial charge in [0.1, 0.15) is 0 Å². The molecule has 1 nitrogen and oxygen atoms in total. The molecule has 0 aromatic rings. The van der Waals surface area contributed by atoms with Crippen molar-refractivity contribution >= 4 is 0 Å². The smallest absolute Gasteiger partial charge is 0.0540 e. The van der Waals surface area contributed by atoms with Gasteiger partial charge in [0, 0.05) is 0 Å². The minimum absolute atomic E-state index is 0.0506. The molecule has 0 bridgehead atoms. The Morgan fingerprint density at radius 3 is 1.91 bits per heavy atom. The van der Waals surface area contributed by atoms with Gasteiger partial charge in [0.25, 0.3) is 0 Å². The Morgan fingerprint density at radius 2 is 1.30 bits per heavy atom. The second kappa shape index (κ2) is 19.2. The lowest BCUT2D eigenvalue weighted by atomic mass is 10.0. The Bertz CT molecular complexity index is 290. The van der Waals surface area contributed by atoms with E-state index < -0.39 is 0 Å². The van der Waals surface area contributed by atoms with Crippen LogP contribution in [0.15, 0.2) is 37.0 Å². The van der Waals surface area contributed by atoms with Crippen molar-refractivity contribution in [3.63, 3.8) is 0 Å². The van der Waals surface area contributed by atoms with Crippen molar-refractivity contribution in [3.05, 3.63) is 37.0 Å². The second-order valence-electron chi connectivity index (χ2n) is 6.60. The normalized spacial score (nSPS) is 13.1. The summed E-state index contributed by atoms with van der Waals surface area (Å²) in [4.78, 5) is 0. The molecule has 0 aromatic heterocycles. The average Bonchev–Trinajstić information content (AvgIpc) is 2.55. The summed E-state index contributed by atoms with van der Waals surface area (Å²) >= 11 is 0. The fourth-order valence-corrected chi connectivity index (χ4v) is 2.79. The maximum atomic E-state index is 9.95. The molecule has 0 aliphatic rings. The first-order chi connectivity index (χ1) is 11.3. The zero-order valence-corrected chi connectivity index (χ0v) is 15.5. The number of allylic oxidation sites excluding steroid dienone is 5. The lowest BCUT2D eigenvalue weighted by Gasteiger charge is -2.10. The van der Waals surface area contributed by atoms with Crippen molar-refractivity contribution in [2.75, 3.05) is 0 Å². The summed E-state index contributed by atoms with van der Waals surface area (Å²) in [5.41, 5.74) is 0. The molecule has 0 fully saturated rings. The van der Waals surface area contributed by atoms with E-state index in [2.05, 4.69) is 25.7 Å². The third-order valence-electron chi connectivity index (χ3n) is 4.29. The van der Waals surface area contributed by atoms with Crippen LogP contribution in [0.2, 0.25) is 0 Å². The summed E-state index contributed by atoms with van der Waals surface area (Å²) in [5, 5.41) is 9.95. The highest BCUT2D eigenvalue weighted by Gasteiger charge is 2.03. The number of unbranched alkanes of at least 4 members (excludes halogenated alkanes) is 10. The van der Waals surface area contributed by atoms with E-state index in [1.54, 1.807) is 6.08 Å². The number of aliphatic hydroxyl groups is 1. The van der Waals surface area contributed by atoms with Crippen LogP contribution in [0.4, 0.5) is 0 Å². The van der Waals surface area contributed by atoms with E-state index in [0.29, 0.717) is 0 Å². The molecule has 0 radical (unpaired) electrons. The van der Waals surface area contributed by atoms with Crippen molar-refractivity contribution < 1.29 is 5.11 Å². The molecule has 134 valence electrons. The van der Waals surface area contributed by atoms with E-state index >= 15 is 0 Å². The van der Waals surface area contributed by atoms with Gasteiger partial charge in [0.15, 0.2) is 0 Å². The highest BCUT2D eigenvalue weighted by Crippen LogP contribution is 2.14. The van der Waals surface area contributed by atoms with Crippen molar-refractivity contribution in [2.24, 2.45) is 0 Å². The van der Waals surface area contributed by atoms with Gasteiger partial charge in [0.2, 0.25) is 0 Å². The zero-order chi connectivity index (χ0) is 17.0. The number of hydrogen-bond donors (Lipinski definition) is 1. The molecule has 0 aliphatic carbocycles. The highest BCUT2D eigenvalue weighted by atomic mass is 16.3. The van der Waals surface area contributed by atoms with Crippen molar-refractivity contribution in [2.45, 2.75) is 103 Å². The van der Waals surface area contributed by atoms with Crippen molar-refractivity contribution in [3.8, 4) is 0 Å². The Hall–Kier alpha value is -0.820. The van der Waals surface area contributed by atoms with Gasteiger partial charge in [-0.1, -0.05) is 108 Å². The molecular weight excluding hydrogens is 280 g/mol. The Morgan fingerprint density at radius 1 is 0.739 bits per heavy atom. The third-order valence-corrected chi connectivity index (χ3v) is 4.29. The quantitative estimate of drug-likeness (QED) is 0.223. The predicted molar refractivity (Wildman–Crippen MR) is 105 cm³/mol. The number of hydrogen-bond acceptors (Lipinski definition) is 1. The van der Waals surface area contributed by atoms with Gasteiger partial charge in [-0.15, -0.1) is 0 Å². The molecule has 23 heavy (non-hydrogen) atoms. The summed E-state index contributed by atoms with van der Waals surface area (Å²) in [6.07, 6.45) is 27.5. The molecule has 0 spiro atoms. The van der Waals surface area contributed by atoms with Gasteiger partial charge in [-0.2, -0.15) is 0 Å². The van der Waals surface area contributed by atoms with E-state index in [1.807, 2.05) is 12.2 Å². The van der Waals surface area contributed by atoms with E-state index in [9.17, 15) is 5.11 Å². The summed E-state index contributed by atoms with van der Waals surface area (Å²) in [7, 11) is 0. The van der Waals surface area contributed by atoms with Gasteiger partial charge >= 0.3 is 0 Å². The Balaban J connectivity index is 3.21. The van der Waals surface area contributed by atoms with Crippen LogP contribution in [-0.4, -0.2) is 11.2 Å². The van der Waals surface area contributed by atoms with E-state index in [-0.39, 0.29) is 6.10 Å². The van der Waals surface area contributed by atoms with E-state index in [0.717, 1.165) is 12.8 Å². The maximum absolute atomic E-state index is 9.95. The predicted octanol–water partition coefficient (Wildman–Crippen LogP) is 7.13. The monoisotopic (exact) mass is 320 g/mol. The molecule has 0 amide bonds. The van der Waals surface area contributed by atoms with Gasteiger partial charge in [-0.3, -0.25) is 0 Å². The minimum atomic E-state index is -0.0506. The lowest BCUT2D eigenvalue weighted by molar-refractivity contribution is 0.147. The first kappa shape index (κ1) is 22.2. The number of aliphatic hydroxyl groups excluding tert-OH is 1. The molecule has 0 aliphatic heterocycles. The maximum Gasteiger partial charge on any atom is 0.0540 e. The summed E-state index contributed by atoms with van der Waals surface area (Å²) in [6, 6.07) is 0. The molecule has 1 heteroatoms. The second-order valence-corrected chi connectivity index (χ2v) is 6.60. The summed E-state index contributed by atoms with van der Waals surface area (Å²) < 4.78 is 0. The summed E-state index contributed by atoms with van der Waals surface area (Å²) in [5.74, 6) is 0. The largest absolute Gasteiger partial charge is 0.393 e. The van der Waals surface area contributed by atoms with Crippen LogP contribution >= 0.6 is 0 Å². The van der Waals surface area contributed by atoms with Crippen LogP contribution in [0.25, 0.3) is 0 Å². The fraction of sp³-hybridized carbons (Fsp3) is 0.727. The van der Waals surface area contributed by atoms with Crippen molar-refractivity contribution in [1.29, 1.82) is 0 Å². The molecule has 0 heterocycles. The highest BCUT2D eigenvalue weighted by molar-refractivity contribution is 5.08. The lowest BCUT2D eigenvalue weighted by Crippen LogP contribution is -2.05. The molecule has 1 atom stereocenters. The van der Waals surface area contributed by atoms with Gasteiger partial charge in [-0.05, 0) is 25.7 Å². The van der Waals surface area contributed by atoms with Crippen LogP contribution < -0.4 is 0 Å². The van der Waals surface area contributed by atoms with Gasteiger partial charge < -0.3 is 5.11 Å². The molecule has 0 saturated heterocycles. The SMILES string of the molecule is C=CC=CC=CCCCCCCCCC(O)CCCCCCC. The van der Waals surface area contributed by atoms with Gasteiger partial charge in [-0.25, -0.2) is 0 Å². The first-order valence-electron chi connectivity index (χ1n) is 9.93. The van der Waals surface area contributed by atoms with E-state index in [1.165, 1.54) is 77.0 Å². The average molecular weight is 321 g/mol. The number of rotatable bonds is 17. The molecule has 1 N–H and O–H groups in total. The fourth-order valence-electron chi connectivity index (χ4n) is 2.79. The summed E-state index contributed by atoms with van der Waals surface area (Å²) in [6.45, 7) is 5.89. The topological polar surface area (TPSA) is 20.2 Å². The van der Waals surface area contributed by atoms with Gasteiger partial charge in [0.05, 0.1) is 6.10 Å². The van der Waals surface area contributed by atoms with Crippen LogP contribution in [0.3, 0.4) is 0 Å².